The van der Waals surface area contributed by atoms with Crippen molar-refractivity contribution in [3.05, 3.63) is 42.4 Å². The minimum absolute atomic E-state index is 0.240. The number of alkyl halides is 3. The monoisotopic (exact) mass is 433 g/mol. The molecule has 3 rings (SSSR count). The van der Waals surface area contributed by atoms with Gasteiger partial charge in [-0.2, -0.15) is 0 Å². The third-order valence-corrected chi connectivity index (χ3v) is 5.42. The average molecular weight is 433 g/mol. The molecular formula is C22H26F3N5O. The van der Waals surface area contributed by atoms with Crippen LogP contribution in [0, 0.1) is 22.7 Å². The van der Waals surface area contributed by atoms with E-state index in [-0.39, 0.29) is 11.7 Å². The third kappa shape index (κ3) is 6.78. The summed E-state index contributed by atoms with van der Waals surface area (Å²) in [6, 6.07) is 5.64. The molecule has 0 aliphatic carbocycles. The van der Waals surface area contributed by atoms with Gasteiger partial charge in [-0.15, -0.1) is 13.2 Å². The number of rotatable bonds is 8. The summed E-state index contributed by atoms with van der Waals surface area (Å²) >= 11 is 0. The lowest BCUT2D eigenvalue weighted by Crippen LogP contribution is -2.32. The topological polar surface area (TPSA) is 88.8 Å². The predicted molar refractivity (Wildman–Crippen MR) is 115 cm³/mol. The Morgan fingerprint density at radius 1 is 1.35 bits per heavy atom. The Kier molecular flexibility index (Phi) is 7.27. The molecule has 1 saturated heterocycles. The number of aromatic amines is 1. The van der Waals surface area contributed by atoms with E-state index in [4.69, 9.17) is 10.8 Å². The standard InChI is InChI=1S/C22H26F3N5O/c1-30-9-7-15(8-10-30)11-17(13-26)19(27)5-6-21-28-14-20(29-21)16-3-2-4-18(12-16)31-22(23,24)25/h2-6,12-15,17,26-27H,7-11H2,1H3,(H,28,29)/b6-5-,26-13?,27-19?. The van der Waals surface area contributed by atoms with Crippen molar-refractivity contribution in [1.29, 1.82) is 10.8 Å². The number of piperidine rings is 1. The third-order valence-electron chi connectivity index (χ3n) is 5.42. The zero-order valence-corrected chi connectivity index (χ0v) is 17.2. The fourth-order valence-corrected chi connectivity index (χ4v) is 3.66. The van der Waals surface area contributed by atoms with Gasteiger partial charge in [-0.3, -0.25) is 0 Å². The van der Waals surface area contributed by atoms with E-state index < -0.39 is 6.36 Å². The van der Waals surface area contributed by atoms with Crippen LogP contribution in [0.1, 0.15) is 25.1 Å². The average Bonchev–Trinajstić information content (AvgIpc) is 3.20. The van der Waals surface area contributed by atoms with Crippen LogP contribution in [-0.4, -0.2) is 53.3 Å². The van der Waals surface area contributed by atoms with Gasteiger partial charge in [0.1, 0.15) is 11.6 Å². The summed E-state index contributed by atoms with van der Waals surface area (Å²) in [6.45, 7) is 2.09. The normalized spacial score (nSPS) is 17.0. The lowest BCUT2D eigenvalue weighted by Gasteiger charge is -2.30. The van der Waals surface area contributed by atoms with Crippen molar-refractivity contribution in [1.82, 2.24) is 14.9 Å². The van der Waals surface area contributed by atoms with Crippen LogP contribution in [0.25, 0.3) is 17.3 Å². The van der Waals surface area contributed by atoms with Gasteiger partial charge in [0.05, 0.1) is 11.9 Å². The Labute approximate surface area is 179 Å². The first-order valence-corrected chi connectivity index (χ1v) is 10.1. The summed E-state index contributed by atoms with van der Waals surface area (Å²) in [6.07, 6.45) is 4.31. The zero-order chi connectivity index (χ0) is 22.4. The van der Waals surface area contributed by atoms with Gasteiger partial charge in [-0.25, -0.2) is 4.98 Å². The molecule has 31 heavy (non-hydrogen) atoms. The van der Waals surface area contributed by atoms with Crippen molar-refractivity contribution in [2.75, 3.05) is 20.1 Å². The Morgan fingerprint density at radius 3 is 2.77 bits per heavy atom. The van der Waals surface area contributed by atoms with E-state index in [0.717, 1.165) is 32.4 Å². The lowest BCUT2D eigenvalue weighted by molar-refractivity contribution is -0.274. The number of nitrogens with zero attached hydrogens (tertiary/aromatic N) is 2. The second kappa shape index (κ2) is 9.91. The van der Waals surface area contributed by atoms with Gasteiger partial charge in [0.15, 0.2) is 0 Å². The minimum atomic E-state index is -4.75. The molecule has 3 N–H and O–H groups in total. The maximum atomic E-state index is 12.4. The van der Waals surface area contributed by atoms with E-state index in [2.05, 4.69) is 26.7 Å². The van der Waals surface area contributed by atoms with E-state index in [9.17, 15) is 13.2 Å². The summed E-state index contributed by atoms with van der Waals surface area (Å²) in [5, 5.41) is 16.0. The van der Waals surface area contributed by atoms with Crippen molar-refractivity contribution in [3.63, 3.8) is 0 Å². The molecule has 166 valence electrons. The van der Waals surface area contributed by atoms with Gasteiger partial charge >= 0.3 is 6.36 Å². The number of benzene rings is 1. The molecule has 9 heteroatoms. The largest absolute Gasteiger partial charge is 0.573 e. The van der Waals surface area contributed by atoms with Crippen molar-refractivity contribution in [2.24, 2.45) is 11.8 Å². The van der Waals surface area contributed by atoms with Gasteiger partial charge in [-0.1, -0.05) is 12.1 Å². The van der Waals surface area contributed by atoms with Gasteiger partial charge < -0.3 is 25.4 Å². The molecular weight excluding hydrogens is 407 g/mol. The van der Waals surface area contributed by atoms with E-state index >= 15 is 0 Å². The Bertz CT molecular complexity index is 929. The highest BCUT2D eigenvalue weighted by Gasteiger charge is 2.31. The maximum Gasteiger partial charge on any atom is 0.573 e. The molecule has 0 amide bonds. The number of ether oxygens (including phenoxy) is 1. The molecule has 0 spiro atoms. The fourth-order valence-electron chi connectivity index (χ4n) is 3.66. The molecule has 1 aromatic heterocycles. The first-order chi connectivity index (χ1) is 14.7. The SMILES string of the molecule is CN1CCC(CC(C=N)C(=N)/C=C\c2ncc(-c3cccc(OC(F)(F)F)c3)[nH]2)CC1. The van der Waals surface area contributed by atoms with E-state index in [0.29, 0.717) is 28.7 Å². The van der Waals surface area contributed by atoms with E-state index in [1.807, 2.05) is 0 Å². The van der Waals surface area contributed by atoms with Crippen LogP contribution in [0.15, 0.2) is 36.5 Å². The first kappa shape index (κ1) is 22.7. The summed E-state index contributed by atoms with van der Waals surface area (Å²) in [4.78, 5) is 9.53. The van der Waals surface area contributed by atoms with Crippen LogP contribution in [0.3, 0.4) is 0 Å². The van der Waals surface area contributed by atoms with Crippen LogP contribution >= 0.6 is 0 Å². The van der Waals surface area contributed by atoms with Gasteiger partial charge in [0.2, 0.25) is 0 Å². The zero-order valence-electron chi connectivity index (χ0n) is 17.2. The smallest absolute Gasteiger partial charge is 0.406 e. The second-order valence-corrected chi connectivity index (χ2v) is 7.80. The lowest BCUT2D eigenvalue weighted by atomic mass is 9.85. The summed E-state index contributed by atoms with van der Waals surface area (Å²) < 4.78 is 41.2. The number of allylic oxidation sites excluding steroid dienone is 1. The van der Waals surface area contributed by atoms with Crippen molar-refractivity contribution >= 4 is 18.0 Å². The Hall–Kier alpha value is -2.94. The van der Waals surface area contributed by atoms with Crippen molar-refractivity contribution in [3.8, 4) is 17.0 Å². The molecule has 1 unspecified atom stereocenters. The highest BCUT2D eigenvalue weighted by atomic mass is 19.4. The highest BCUT2D eigenvalue weighted by Crippen LogP contribution is 2.27. The van der Waals surface area contributed by atoms with Gasteiger partial charge in [-0.05, 0) is 69.6 Å². The number of aromatic nitrogens is 2. The van der Waals surface area contributed by atoms with E-state index in [1.165, 1.54) is 30.6 Å². The number of halogens is 3. The quantitative estimate of drug-likeness (QED) is 0.512. The van der Waals surface area contributed by atoms with Crippen LogP contribution in [-0.2, 0) is 0 Å². The molecule has 1 aliphatic heterocycles. The van der Waals surface area contributed by atoms with E-state index in [1.54, 1.807) is 18.2 Å². The van der Waals surface area contributed by atoms with Crippen LogP contribution in [0.2, 0.25) is 0 Å². The maximum absolute atomic E-state index is 12.4. The van der Waals surface area contributed by atoms with Crippen molar-refractivity contribution < 1.29 is 17.9 Å². The summed E-state index contributed by atoms with van der Waals surface area (Å²) in [7, 11) is 2.10. The molecule has 1 aromatic carbocycles. The number of nitrogens with one attached hydrogen (secondary N) is 3. The number of hydrogen-bond acceptors (Lipinski definition) is 5. The number of H-pyrrole nitrogens is 1. The minimum Gasteiger partial charge on any atom is -0.406 e. The number of likely N-dealkylation sites (tertiary alicyclic amines) is 1. The second-order valence-electron chi connectivity index (χ2n) is 7.80. The van der Waals surface area contributed by atoms with Crippen LogP contribution in [0.4, 0.5) is 13.2 Å². The van der Waals surface area contributed by atoms with Crippen LogP contribution < -0.4 is 4.74 Å². The molecule has 1 fully saturated rings. The Balaban J connectivity index is 1.62. The molecule has 0 saturated carbocycles. The first-order valence-electron chi connectivity index (χ1n) is 10.1. The highest BCUT2D eigenvalue weighted by molar-refractivity contribution is 6.05. The molecule has 1 aliphatic rings. The molecule has 1 atom stereocenters. The van der Waals surface area contributed by atoms with Gasteiger partial charge in [0, 0.05) is 23.4 Å². The van der Waals surface area contributed by atoms with Gasteiger partial charge in [0.25, 0.3) is 0 Å². The molecule has 0 radical (unpaired) electrons. The van der Waals surface area contributed by atoms with Crippen LogP contribution in [0.5, 0.6) is 5.75 Å². The fraction of sp³-hybridized carbons (Fsp3) is 0.409. The number of imidazole rings is 1. The summed E-state index contributed by atoms with van der Waals surface area (Å²) in [5.41, 5.74) is 1.38. The Morgan fingerprint density at radius 2 is 2.10 bits per heavy atom. The molecule has 6 nitrogen and oxygen atoms in total. The summed E-state index contributed by atoms with van der Waals surface area (Å²) in [5.74, 6) is 0.444. The number of hydrogen-bond donors (Lipinski definition) is 3. The molecule has 2 aromatic rings. The molecule has 2 heterocycles. The predicted octanol–water partition coefficient (Wildman–Crippen LogP) is 5.01. The van der Waals surface area contributed by atoms with Crippen molar-refractivity contribution in [2.45, 2.75) is 25.6 Å². The molecule has 0 bridgehead atoms.